The van der Waals surface area contributed by atoms with Crippen molar-refractivity contribution in [2.75, 3.05) is 18.6 Å². The lowest BCUT2D eigenvalue weighted by molar-refractivity contribution is -0.142. The number of amides is 4. The Morgan fingerprint density at radius 3 is 2.20 bits per heavy atom. The van der Waals surface area contributed by atoms with Gasteiger partial charge in [-0.25, -0.2) is 4.79 Å². The molecule has 1 heterocycles. The Morgan fingerprint density at radius 1 is 0.927 bits per heavy atom. The molecule has 0 saturated carbocycles. The summed E-state index contributed by atoms with van der Waals surface area (Å²) in [4.78, 5) is 65.5. The van der Waals surface area contributed by atoms with Crippen molar-refractivity contribution in [2.45, 2.75) is 69.1 Å². The molecule has 2 aromatic rings. The molecule has 1 aromatic heterocycles. The first-order chi connectivity index (χ1) is 19.6. The van der Waals surface area contributed by atoms with Crippen molar-refractivity contribution in [3.8, 4) is 0 Å². The Kier molecular flexibility index (Phi) is 14.1. The van der Waals surface area contributed by atoms with Gasteiger partial charge in [0.25, 0.3) is 0 Å². The summed E-state index contributed by atoms with van der Waals surface area (Å²) in [7, 11) is 0. The van der Waals surface area contributed by atoms with E-state index in [0.717, 1.165) is 16.5 Å². The molecule has 2 rings (SSSR count). The second-order valence-electron chi connectivity index (χ2n) is 9.76. The monoisotopic (exact) mass is 591 g/mol. The number of primary amides is 1. The summed E-state index contributed by atoms with van der Waals surface area (Å²) in [5, 5.41) is 18.1. The number of rotatable bonds is 19. The van der Waals surface area contributed by atoms with E-state index in [1.54, 1.807) is 6.20 Å². The van der Waals surface area contributed by atoms with E-state index in [1.807, 2.05) is 30.5 Å². The van der Waals surface area contributed by atoms with Crippen LogP contribution in [0.2, 0.25) is 0 Å². The zero-order chi connectivity index (χ0) is 30.4. The number of carboxylic acids is 1. The Balaban J connectivity index is 2.14. The van der Waals surface area contributed by atoms with Crippen LogP contribution in [0.1, 0.15) is 44.1 Å². The molecule has 0 fully saturated rings. The predicted octanol–water partition coefficient (Wildman–Crippen LogP) is -0.276. The first kappa shape index (κ1) is 33.6. The molecule has 4 atom stereocenters. The van der Waals surface area contributed by atoms with Gasteiger partial charge in [-0.3, -0.25) is 19.2 Å². The number of H-pyrrole nitrogens is 1. The number of aliphatic carboxylic acids is 1. The van der Waals surface area contributed by atoms with Gasteiger partial charge >= 0.3 is 5.97 Å². The molecule has 4 amide bonds. The number of fused-ring (bicyclic) bond motifs is 1. The first-order valence-electron chi connectivity index (χ1n) is 13.5. The van der Waals surface area contributed by atoms with Gasteiger partial charge in [0.05, 0.1) is 6.04 Å². The maximum atomic E-state index is 13.3. The molecule has 13 nitrogen and oxygen atoms in total. The summed E-state index contributed by atoms with van der Waals surface area (Å²) in [6, 6.07) is 3.18. The molecule has 41 heavy (non-hydrogen) atoms. The van der Waals surface area contributed by atoms with Gasteiger partial charge in [0.1, 0.15) is 18.1 Å². The number of benzene rings is 1. The van der Waals surface area contributed by atoms with Crippen molar-refractivity contribution in [3.05, 3.63) is 36.0 Å². The average molecular weight is 592 g/mol. The molecule has 0 radical (unpaired) electrons. The third-order valence-electron chi connectivity index (χ3n) is 6.57. The van der Waals surface area contributed by atoms with Crippen LogP contribution in [0.15, 0.2) is 30.5 Å². The zero-order valence-corrected chi connectivity index (χ0v) is 24.0. The number of carbonyl (C=O) groups is 5. The highest BCUT2D eigenvalue weighted by Gasteiger charge is 2.30. The van der Waals surface area contributed by atoms with Crippen molar-refractivity contribution in [1.29, 1.82) is 0 Å². The van der Waals surface area contributed by atoms with E-state index in [0.29, 0.717) is 25.1 Å². The molecule has 1 aromatic carbocycles. The van der Waals surface area contributed by atoms with Crippen LogP contribution in [-0.2, 0) is 30.4 Å². The van der Waals surface area contributed by atoms with Crippen molar-refractivity contribution in [2.24, 2.45) is 17.2 Å². The number of hydrogen-bond donors (Lipinski definition) is 8. The van der Waals surface area contributed by atoms with Crippen LogP contribution in [-0.4, -0.2) is 82.4 Å². The highest BCUT2D eigenvalue weighted by Crippen LogP contribution is 2.19. The smallest absolute Gasteiger partial charge is 0.326 e. The number of para-hydroxylation sites is 1. The van der Waals surface area contributed by atoms with Gasteiger partial charge in [-0.15, -0.1) is 0 Å². The predicted molar refractivity (Wildman–Crippen MR) is 158 cm³/mol. The summed E-state index contributed by atoms with van der Waals surface area (Å²) >= 11 is 1.42. The average Bonchev–Trinajstić information content (AvgIpc) is 3.34. The van der Waals surface area contributed by atoms with E-state index in [4.69, 9.17) is 17.2 Å². The SMILES string of the molecule is CSCCC(NC(=O)C(CCC(N)=O)NC(=O)C(CCCCN)NC(=O)C(N)Cc1c[nH]c2ccccc12)C(=O)O. The van der Waals surface area contributed by atoms with Crippen LogP contribution < -0.4 is 33.2 Å². The molecule has 0 bridgehead atoms. The van der Waals surface area contributed by atoms with Crippen LogP contribution in [0.4, 0.5) is 0 Å². The van der Waals surface area contributed by atoms with Crippen LogP contribution in [0.3, 0.4) is 0 Å². The fourth-order valence-electron chi connectivity index (χ4n) is 4.26. The Bertz CT molecular complexity index is 1190. The van der Waals surface area contributed by atoms with Gasteiger partial charge < -0.3 is 43.2 Å². The molecule has 0 aliphatic heterocycles. The number of nitrogens with two attached hydrogens (primary N) is 3. The van der Waals surface area contributed by atoms with Gasteiger partial charge in [0, 0.05) is 23.5 Å². The van der Waals surface area contributed by atoms with Crippen molar-refractivity contribution >= 4 is 52.3 Å². The fraction of sp³-hybridized carbons (Fsp3) is 0.519. The first-order valence-corrected chi connectivity index (χ1v) is 14.9. The zero-order valence-electron chi connectivity index (χ0n) is 23.2. The quantitative estimate of drug-likeness (QED) is 0.100. The third-order valence-corrected chi connectivity index (χ3v) is 7.21. The molecule has 4 unspecified atom stereocenters. The van der Waals surface area contributed by atoms with E-state index in [9.17, 15) is 29.1 Å². The fourth-order valence-corrected chi connectivity index (χ4v) is 4.74. The number of carbonyl (C=O) groups excluding carboxylic acids is 4. The lowest BCUT2D eigenvalue weighted by Crippen LogP contribution is -2.57. The molecule has 0 aliphatic carbocycles. The second-order valence-corrected chi connectivity index (χ2v) is 10.7. The number of unbranched alkanes of at least 4 members (excludes halogenated alkanes) is 1. The lowest BCUT2D eigenvalue weighted by atomic mass is 10.0. The highest BCUT2D eigenvalue weighted by atomic mass is 32.2. The standard InChI is InChI=1S/C27H41N7O6S/c1-41-13-11-22(27(39)40)34-26(38)21(9-10-23(30)35)33-25(37)20(8-4-5-12-28)32-24(36)18(29)14-16-15-31-19-7-3-2-6-17(16)19/h2-3,6-7,15,18,20-22,31H,4-5,8-14,28-29H2,1H3,(H2,30,35)(H,32,36)(H,33,37)(H,34,38)(H,39,40). The molecule has 11 N–H and O–H groups in total. The van der Waals surface area contributed by atoms with Crippen LogP contribution in [0.5, 0.6) is 0 Å². The molecular formula is C27H41N7O6S. The highest BCUT2D eigenvalue weighted by molar-refractivity contribution is 7.98. The molecule has 0 saturated heterocycles. The van der Waals surface area contributed by atoms with Gasteiger partial charge in [-0.05, 0) is 68.7 Å². The van der Waals surface area contributed by atoms with Gasteiger partial charge in [0.15, 0.2) is 0 Å². The van der Waals surface area contributed by atoms with Gasteiger partial charge in [-0.2, -0.15) is 11.8 Å². The minimum atomic E-state index is -1.25. The summed E-state index contributed by atoms with van der Waals surface area (Å²) in [6.45, 7) is 0.388. The Morgan fingerprint density at radius 2 is 1.56 bits per heavy atom. The number of carboxylic acid groups (broad SMARTS) is 1. The van der Waals surface area contributed by atoms with Crippen LogP contribution >= 0.6 is 11.8 Å². The van der Waals surface area contributed by atoms with Crippen molar-refractivity contribution in [1.82, 2.24) is 20.9 Å². The molecule has 0 aliphatic rings. The summed E-state index contributed by atoms with van der Waals surface area (Å²) in [6.07, 6.45) is 4.96. The molecule has 226 valence electrons. The number of aromatic amines is 1. The normalized spacial score (nSPS) is 14.0. The third kappa shape index (κ3) is 11.1. The maximum absolute atomic E-state index is 13.3. The summed E-state index contributed by atoms with van der Waals surface area (Å²) in [5.41, 5.74) is 18.8. The molecule has 0 spiro atoms. The van der Waals surface area contributed by atoms with Gasteiger partial charge in [-0.1, -0.05) is 18.2 Å². The van der Waals surface area contributed by atoms with E-state index in [2.05, 4.69) is 20.9 Å². The van der Waals surface area contributed by atoms with Crippen molar-refractivity contribution in [3.63, 3.8) is 0 Å². The largest absolute Gasteiger partial charge is 0.480 e. The Labute approximate surface area is 243 Å². The van der Waals surface area contributed by atoms with Crippen LogP contribution in [0, 0.1) is 0 Å². The minimum Gasteiger partial charge on any atom is -0.480 e. The molecular weight excluding hydrogens is 550 g/mol. The summed E-state index contributed by atoms with van der Waals surface area (Å²) in [5.74, 6) is -3.41. The molecule has 14 heteroatoms. The van der Waals surface area contributed by atoms with E-state index in [-0.39, 0.29) is 32.1 Å². The second kappa shape index (κ2) is 17.3. The minimum absolute atomic E-state index is 0.148. The number of aromatic nitrogens is 1. The lowest BCUT2D eigenvalue weighted by Gasteiger charge is -2.25. The van der Waals surface area contributed by atoms with E-state index < -0.39 is 53.8 Å². The number of hydrogen-bond acceptors (Lipinski definition) is 8. The van der Waals surface area contributed by atoms with Crippen molar-refractivity contribution < 1.29 is 29.1 Å². The van der Waals surface area contributed by atoms with Crippen LogP contribution in [0.25, 0.3) is 10.9 Å². The number of thioether (sulfide) groups is 1. The summed E-state index contributed by atoms with van der Waals surface area (Å²) < 4.78 is 0. The topological polar surface area (TPSA) is 236 Å². The Hall–Kier alpha value is -3.62. The van der Waals surface area contributed by atoms with E-state index >= 15 is 0 Å². The van der Waals surface area contributed by atoms with E-state index in [1.165, 1.54) is 11.8 Å². The number of nitrogens with one attached hydrogen (secondary N) is 4. The maximum Gasteiger partial charge on any atom is 0.326 e. The van der Waals surface area contributed by atoms with Gasteiger partial charge in [0.2, 0.25) is 23.6 Å².